The van der Waals surface area contributed by atoms with Crippen molar-refractivity contribution in [1.29, 1.82) is 0 Å². The highest BCUT2D eigenvalue weighted by molar-refractivity contribution is 7.99. The van der Waals surface area contributed by atoms with Crippen molar-refractivity contribution in [2.45, 2.75) is 17.4 Å². The third-order valence-electron chi connectivity index (χ3n) is 3.66. The lowest BCUT2D eigenvalue weighted by molar-refractivity contribution is 0.0934. The van der Waals surface area contributed by atoms with Crippen LogP contribution in [0.3, 0.4) is 0 Å². The van der Waals surface area contributed by atoms with E-state index in [1.54, 1.807) is 37.4 Å². The van der Waals surface area contributed by atoms with Gasteiger partial charge in [-0.05, 0) is 36.2 Å². The molecule has 2 aromatic carbocycles. The maximum atomic E-state index is 13.9. The number of carbonyl (C=O) groups is 1. The zero-order chi connectivity index (χ0) is 15.5. The number of amides is 1. The molecule has 5 heteroatoms. The van der Waals surface area contributed by atoms with Crippen molar-refractivity contribution in [1.82, 2.24) is 5.32 Å². The van der Waals surface area contributed by atoms with Crippen LogP contribution in [-0.2, 0) is 0 Å². The molecule has 1 heterocycles. The van der Waals surface area contributed by atoms with E-state index in [0.29, 0.717) is 16.2 Å². The molecule has 0 spiro atoms. The maximum Gasteiger partial charge on any atom is 0.251 e. The Morgan fingerprint density at radius 3 is 2.95 bits per heavy atom. The predicted octanol–water partition coefficient (Wildman–Crippen LogP) is 3.80. The number of nitrogens with one attached hydrogen (secondary N) is 1. The molecule has 1 aliphatic heterocycles. The number of methoxy groups -OCH3 is 1. The van der Waals surface area contributed by atoms with Crippen LogP contribution in [0.25, 0.3) is 0 Å². The lowest BCUT2D eigenvalue weighted by atomic mass is 10.0. The standard InChI is InChI=1S/C17H16FNO2S/c1-21-12-5-2-4-11(10-12)17(20)19-15-8-9-22-16-13(15)6-3-7-14(16)18/h2-7,10,15H,8-9H2,1H3,(H,19,20)/t15-/m1/s1. The molecule has 0 saturated heterocycles. The minimum Gasteiger partial charge on any atom is -0.497 e. The van der Waals surface area contributed by atoms with Gasteiger partial charge in [-0.3, -0.25) is 4.79 Å². The Morgan fingerprint density at radius 1 is 1.32 bits per heavy atom. The van der Waals surface area contributed by atoms with Gasteiger partial charge < -0.3 is 10.1 Å². The lowest BCUT2D eigenvalue weighted by Crippen LogP contribution is -2.30. The maximum absolute atomic E-state index is 13.9. The fourth-order valence-electron chi connectivity index (χ4n) is 2.54. The Bertz CT molecular complexity index is 705. The summed E-state index contributed by atoms with van der Waals surface area (Å²) in [5, 5.41) is 3.00. The highest BCUT2D eigenvalue weighted by Gasteiger charge is 2.24. The first-order valence-corrected chi connectivity index (χ1v) is 8.03. The number of hydrogen-bond acceptors (Lipinski definition) is 3. The Morgan fingerprint density at radius 2 is 2.14 bits per heavy atom. The Balaban J connectivity index is 1.82. The van der Waals surface area contributed by atoms with Crippen LogP contribution in [0.5, 0.6) is 5.75 Å². The fraction of sp³-hybridized carbons (Fsp3) is 0.235. The zero-order valence-corrected chi connectivity index (χ0v) is 13.0. The van der Waals surface area contributed by atoms with E-state index in [1.165, 1.54) is 17.8 Å². The first kappa shape index (κ1) is 14.9. The first-order valence-electron chi connectivity index (χ1n) is 7.05. The molecule has 0 bridgehead atoms. The van der Waals surface area contributed by atoms with Crippen LogP contribution in [0, 0.1) is 5.82 Å². The van der Waals surface area contributed by atoms with Crippen LogP contribution in [-0.4, -0.2) is 18.8 Å². The second kappa shape index (κ2) is 6.40. The van der Waals surface area contributed by atoms with Gasteiger partial charge >= 0.3 is 0 Å². The molecule has 0 aromatic heterocycles. The molecule has 1 atom stereocenters. The van der Waals surface area contributed by atoms with E-state index in [-0.39, 0.29) is 17.8 Å². The topological polar surface area (TPSA) is 38.3 Å². The third kappa shape index (κ3) is 2.95. The van der Waals surface area contributed by atoms with E-state index in [1.807, 2.05) is 6.07 Å². The van der Waals surface area contributed by atoms with Crippen LogP contribution in [0.4, 0.5) is 4.39 Å². The summed E-state index contributed by atoms with van der Waals surface area (Å²) in [6.07, 6.45) is 0.789. The van der Waals surface area contributed by atoms with E-state index in [9.17, 15) is 9.18 Å². The Hall–Kier alpha value is -2.01. The van der Waals surface area contributed by atoms with Crippen LogP contribution in [0.2, 0.25) is 0 Å². The molecule has 3 rings (SSSR count). The fourth-order valence-corrected chi connectivity index (χ4v) is 3.68. The van der Waals surface area contributed by atoms with Gasteiger partial charge in [0, 0.05) is 16.2 Å². The van der Waals surface area contributed by atoms with Crippen LogP contribution in [0.1, 0.15) is 28.4 Å². The van der Waals surface area contributed by atoms with Crippen molar-refractivity contribution in [2.24, 2.45) is 0 Å². The molecule has 0 aliphatic carbocycles. The predicted molar refractivity (Wildman–Crippen MR) is 84.9 cm³/mol. The highest BCUT2D eigenvalue weighted by Crippen LogP contribution is 2.37. The summed E-state index contributed by atoms with van der Waals surface area (Å²) >= 11 is 1.50. The van der Waals surface area contributed by atoms with Crippen molar-refractivity contribution in [3.63, 3.8) is 0 Å². The van der Waals surface area contributed by atoms with E-state index >= 15 is 0 Å². The molecule has 1 aliphatic rings. The zero-order valence-electron chi connectivity index (χ0n) is 12.1. The van der Waals surface area contributed by atoms with Crippen LogP contribution >= 0.6 is 11.8 Å². The van der Waals surface area contributed by atoms with Gasteiger partial charge in [0.25, 0.3) is 5.91 Å². The van der Waals surface area contributed by atoms with Gasteiger partial charge in [-0.2, -0.15) is 0 Å². The van der Waals surface area contributed by atoms with Gasteiger partial charge in [-0.1, -0.05) is 18.2 Å². The molecule has 114 valence electrons. The SMILES string of the molecule is COc1cccc(C(=O)N[C@@H]2CCSc3c(F)cccc32)c1. The number of carbonyl (C=O) groups excluding carboxylic acids is 1. The summed E-state index contributed by atoms with van der Waals surface area (Å²) < 4.78 is 19.0. The Kier molecular flexibility index (Phi) is 4.34. The van der Waals surface area contributed by atoms with E-state index in [0.717, 1.165) is 17.7 Å². The van der Waals surface area contributed by atoms with Crippen LogP contribution in [0.15, 0.2) is 47.4 Å². The summed E-state index contributed by atoms with van der Waals surface area (Å²) in [5.74, 6) is 1.03. The number of hydrogen-bond donors (Lipinski definition) is 1. The molecule has 3 nitrogen and oxygen atoms in total. The summed E-state index contributed by atoms with van der Waals surface area (Å²) in [6.45, 7) is 0. The smallest absolute Gasteiger partial charge is 0.251 e. The molecule has 0 radical (unpaired) electrons. The van der Waals surface area contributed by atoms with Crippen molar-refractivity contribution < 1.29 is 13.9 Å². The van der Waals surface area contributed by atoms with Gasteiger partial charge in [0.1, 0.15) is 11.6 Å². The minimum atomic E-state index is -0.220. The molecule has 1 amide bonds. The molecule has 2 aromatic rings. The van der Waals surface area contributed by atoms with Crippen molar-refractivity contribution in [2.75, 3.05) is 12.9 Å². The number of fused-ring (bicyclic) bond motifs is 1. The summed E-state index contributed by atoms with van der Waals surface area (Å²) in [5.41, 5.74) is 1.39. The summed E-state index contributed by atoms with van der Waals surface area (Å²) in [7, 11) is 1.56. The molecular weight excluding hydrogens is 301 g/mol. The first-order chi connectivity index (χ1) is 10.7. The molecular formula is C17H16FNO2S. The van der Waals surface area contributed by atoms with Gasteiger partial charge in [0.15, 0.2) is 0 Å². The average Bonchev–Trinajstić information content (AvgIpc) is 2.56. The minimum absolute atomic E-state index is 0.161. The number of ether oxygens (including phenoxy) is 1. The number of thioether (sulfide) groups is 1. The quantitative estimate of drug-likeness (QED) is 0.936. The Labute approximate surface area is 132 Å². The number of rotatable bonds is 3. The van der Waals surface area contributed by atoms with Crippen molar-refractivity contribution in [3.05, 3.63) is 59.4 Å². The molecule has 22 heavy (non-hydrogen) atoms. The van der Waals surface area contributed by atoms with Gasteiger partial charge in [-0.15, -0.1) is 11.8 Å². The number of benzene rings is 2. The largest absolute Gasteiger partial charge is 0.497 e. The molecule has 0 unspecified atom stereocenters. The van der Waals surface area contributed by atoms with Gasteiger partial charge in [0.05, 0.1) is 13.2 Å². The molecule has 0 saturated carbocycles. The molecule has 0 fully saturated rings. The van der Waals surface area contributed by atoms with Gasteiger partial charge in [0.2, 0.25) is 0 Å². The van der Waals surface area contributed by atoms with Gasteiger partial charge in [-0.25, -0.2) is 4.39 Å². The van der Waals surface area contributed by atoms with Crippen molar-refractivity contribution >= 4 is 17.7 Å². The monoisotopic (exact) mass is 317 g/mol. The second-order valence-corrected chi connectivity index (χ2v) is 6.16. The van der Waals surface area contributed by atoms with Crippen molar-refractivity contribution in [3.8, 4) is 5.75 Å². The normalized spacial score (nSPS) is 16.7. The lowest BCUT2D eigenvalue weighted by Gasteiger charge is -2.26. The second-order valence-electron chi connectivity index (χ2n) is 5.05. The summed E-state index contributed by atoms with van der Waals surface area (Å²) in [6, 6.07) is 11.9. The molecule has 1 N–H and O–H groups in total. The number of halogens is 1. The highest BCUT2D eigenvalue weighted by atomic mass is 32.2. The van der Waals surface area contributed by atoms with E-state index in [4.69, 9.17) is 4.74 Å². The third-order valence-corrected chi connectivity index (χ3v) is 4.82. The average molecular weight is 317 g/mol. The van der Waals surface area contributed by atoms with E-state index in [2.05, 4.69) is 5.32 Å². The summed E-state index contributed by atoms with van der Waals surface area (Å²) in [4.78, 5) is 13.1. The van der Waals surface area contributed by atoms with Crippen LogP contribution < -0.4 is 10.1 Å². The van der Waals surface area contributed by atoms with E-state index < -0.39 is 0 Å².